The molecule has 0 saturated carbocycles. The van der Waals surface area contributed by atoms with Crippen molar-refractivity contribution in [1.29, 1.82) is 0 Å². The molecule has 0 radical (unpaired) electrons. The van der Waals surface area contributed by atoms with Crippen LogP contribution in [0, 0.1) is 0 Å². The zero-order valence-corrected chi connectivity index (χ0v) is 7.72. The number of halogens is 2. The number of hydrogen-bond donors (Lipinski definition) is 1. The second-order valence-electron chi connectivity index (χ2n) is 2.92. The summed E-state index contributed by atoms with van der Waals surface area (Å²) >= 11 is 0. The molecule has 0 fully saturated rings. The normalized spacial score (nSPS) is 14.2. The van der Waals surface area contributed by atoms with Crippen LogP contribution in [0.2, 0.25) is 0 Å². The molecule has 1 unspecified atom stereocenters. The van der Waals surface area contributed by atoms with Crippen molar-refractivity contribution in [3.63, 3.8) is 0 Å². The summed E-state index contributed by atoms with van der Waals surface area (Å²) in [4.78, 5) is 9.96. The summed E-state index contributed by atoms with van der Waals surface area (Å²) in [5.41, 5.74) is 0. The zero-order chi connectivity index (χ0) is 10.5. The maximum atomic E-state index is 12.4. The molecule has 5 heteroatoms. The van der Waals surface area contributed by atoms with Crippen LogP contribution in [0.3, 0.4) is 0 Å². The predicted molar refractivity (Wildman–Crippen MR) is 42.9 cm³/mol. The van der Waals surface area contributed by atoms with E-state index >= 15 is 0 Å². The third-order valence-corrected chi connectivity index (χ3v) is 1.56. The lowest BCUT2D eigenvalue weighted by Crippen LogP contribution is -2.35. The molecular formula is C8H14F2O3. The van der Waals surface area contributed by atoms with Crippen LogP contribution in [0.5, 0.6) is 0 Å². The maximum absolute atomic E-state index is 12.4. The fraction of sp³-hybridized carbons (Fsp3) is 0.875. The molecule has 0 heterocycles. The van der Waals surface area contributed by atoms with Crippen molar-refractivity contribution in [1.82, 2.24) is 0 Å². The Morgan fingerprint density at radius 3 is 2.54 bits per heavy atom. The van der Waals surface area contributed by atoms with Gasteiger partial charge in [0.25, 0.3) is 0 Å². The van der Waals surface area contributed by atoms with E-state index in [0.29, 0.717) is 6.42 Å². The Balaban J connectivity index is 3.80. The van der Waals surface area contributed by atoms with Gasteiger partial charge >= 0.3 is 11.9 Å². The molecule has 1 atom stereocenters. The van der Waals surface area contributed by atoms with E-state index in [1.807, 2.05) is 6.92 Å². The fourth-order valence-corrected chi connectivity index (χ4v) is 0.799. The summed E-state index contributed by atoms with van der Waals surface area (Å²) in [5, 5.41) is 8.05. The van der Waals surface area contributed by atoms with Crippen LogP contribution in [-0.4, -0.2) is 29.7 Å². The third kappa shape index (κ3) is 4.77. The number of aliphatic carboxylic acids is 1. The Bertz CT molecular complexity index is 171. The van der Waals surface area contributed by atoms with Crippen molar-refractivity contribution in [2.45, 2.75) is 38.7 Å². The summed E-state index contributed by atoms with van der Waals surface area (Å²) < 4.78 is 29.5. The molecule has 0 amide bonds. The van der Waals surface area contributed by atoms with Crippen molar-refractivity contribution < 1.29 is 23.4 Å². The molecule has 78 valence electrons. The Hall–Kier alpha value is -0.710. The molecule has 0 aliphatic heterocycles. The van der Waals surface area contributed by atoms with Crippen molar-refractivity contribution in [3.05, 3.63) is 0 Å². The number of carbonyl (C=O) groups is 1. The minimum atomic E-state index is -3.78. The fourth-order valence-electron chi connectivity index (χ4n) is 0.799. The lowest BCUT2D eigenvalue weighted by atomic mass is 10.2. The molecule has 1 N–H and O–H groups in total. The van der Waals surface area contributed by atoms with Gasteiger partial charge in [-0.25, -0.2) is 4.79 Å². The smallest absolute Gasteiger partial charge is 0.377 e. The van der Waals surface area contributed by atoms with Gasteiger partial charge in [0.2, 0.25) is 0 Å². The Labute approximate surface area is 75.7 Å². The highest BCUT2D eigenvalue weighted by molar-refractivity contribution is 5.75. The molecule has 0 aliphatic carbocycles. The summed E-state index contributed by atoms with van der Waals surface area (Å²) in [5.74, 6) is -5.92. The monoisotopic (exact) mass is 196 g/mol. The lowest BCUT2D eigenvalue weighted by Gasteiger charge is -2.15. The molecule has 0 rings (SSSR count). The molecule has 0 aromatic rings. The zero-order valence-electron chi connectivity index (χ0n) is 7.72. The van der Waals surface area contributed by atoms with Crippen molar-refractivity contribution >= 4 is 5.97 Å². The molecule has 0 aromatic heterocycles. The van der Waals surface area contributed by atoms with E-state index < -0.39 is 18.5 Å². The highest BCUT2D eigenvalue weighted by atomic mass is 19.3. The highest BCUT2D eigenvalue weighted by Crippen LogP contribution is 2.15. The number of carboxylic acids is 1. The summed E-state index contributed by atoms with van der Waals surface area (Å²) in [6.45, 7) is 2.49. The van der Waals surface area contributed by atoms with Crippen molar-refractivity contribution in [2.24, 2.45) is 0 Å². The average Bonchev–Trinajstić information content (AvgIpc) is 2.01. The van der Waals surface area contributed by atoms with Crippen LogP contribution >= 0.6 is 0 Å². The van der Waals surface area contributed by atoms with Crippen LogP contribution in [-0.2, 0) is 9.53 Å². The summed E-state index contributed by atoms with van der Waals surface area (Å²) in [7, 11) is 0. The minimum Gasteiger partial charge on any atom is -0.477 e. The topological polar surface area (TPSA) is 46.5 Å². The average molecular weight is 196 g/mol. The second-order valence-corrected chi connectivity index (χ2v) is 2.92. The SMILES string of the molecule is CCCC(C)OCC(F)(F)C(=O)O. The van der Waals surface area contributed by atoms with Gasteiger partial charge in [0.1, 0.15) is 6.61 Å². The molecule has 13 heavy (non-hydrogen) atoms. The van der Waals surface area contributed by atoms with Crippen LogP contribution in [0.25, 0.3) is 0 Å². The van der Waals surface area contributed by atoms with E-state index in [0.717, 1.165) is 6.42 Å². The van der Waals surface area contributed by atoms with Crippen molar-refractivity contribution in [3.8, 4) is 0 Å². The summed E-state index contributed by atoms with van der Waals surface area (Å²) in [6.07, 6.45) is 1.14. The summed E-state index contributed by atoms with van der Waals surface area (Å²) in [6, 6.07) is 0. The largest absolute Gasteiger partial charge is 0.477 e. The van der Waals surface area contributed by atoms with Gasteiger partial charge in [0, 0.05) is 0 Å². The van der Waals surface area contributed by atoms with Gasteiger partial charge in [-0.1, -0.05) is 13.3 Å². The molecule has 0 saturated heterocycles. The molecule has 0 aliphatic rings. The van der Waals surface area contributed by atoms with Gasteiger partial charge in [-0.2, -0.15) is 8.78 Å². The van der Waals surface area contributed by atoms with Gasteiger partial charge < -0.3 is 9.84 Å². The van der Waals surface area contributed by atoms with Crippen LogP contribution in [0.4, 0.5) is 8.78 Å². The first-order valence-electron chi connectivity index (χ1n) is 4.13. The van der Waals surface area contributed by atoms with Gasteiger partial charge in [-0.3, -0.25) is 0 Å². The maximum Gasteiger partial charge on any atom is 0.377 e. The number of hydrogen-bond acceptors (Lipinski definition) is 2. The Kier molecular flexibility index (Phi) is 4.83. The first-order chi connectivity index (χ1) is 5.90. The number of alkyl halides is 2. The number of ether oxygens (including phenoxy) is 1. The third-order valence-electron chi connectivity index (χ3n) is 1.56. The van der Waals surface area contributed by atoms with Gasteiger partial charge in [0.15, 0.2) is 0 Å². The van der Waals surface area contributed by atoms with Gasteiger partial charge in [0.05, 0.1) is 6.10 Å². The Morgan fingerprint density at radius 2 is 2.15 bits per heavy atom. The number of carboxylic acid groups (broad SMARTS) is 1. The standard InChI is InChI=1S/C8H14F2O3/c1-3-4-6(2)13-5-8(9,10)7(11)12/h6H,3-5H2,1-2H3,(H,11,12). The van der Waals surface area contributed by atoms with E-state index in [2.05, 4.69) is 4.74 Å². The first kappa shape index (κ1) is 12.3. The predicted octanol–water partition coefficient (Wildman–Crippen LogP) is 1.91. The van der Waals surface area contributed by atoms with Crippen molar-refractivity contribution in [2.75, 3.05) is 6.61 Å². The van der Waals surface area contributed by atoms with E-state index in [1.165, 1.54) is 0 Å². The van der Waals surface area contributed by atoms with E-state index in [1.54, 1.807) is 6.92 Å². The van der Waals surface area contributed by atoms with E-state index in [4.69, 9.17) is 5.11 Å². The van der Waals surface area contributed by atoms with E-state index in [9.17, 15) is 13.6 Å². The molecule has 3 nitrogen and oxygen atoms in total. The van der Waals surface area contributed by atoms with E-state index in [-0.39, 0.29) is 6.10 Å². The quantitative estimate of drug-likeness (QED) is 0.705. The highest BCUT2D eigenvalue weighted by Gasteiger charge is 2.39. The van der Waals surface area contributed by atoms with Gasteiger partial charge in [-0.05, 0) is 13.3 Å². The second kappa shape index (κ2) is 5.11. The molecule has 0 bridgehead atoms. The molecular weight excluding hydrogens is 182 g/mol. The Morgan fingerprint density at radius 1 is 1.62 bits per heavy atom. The molecule has 0 aromatic carbocycles. The first-order valence-corrected chi connectivity index (χ1v) is 4.13. The number of rotatable bonds is 6. The van der Waals surface area contributed by atoms with Crippen LogP contribution in [0.15, 0.2) is 0 Å². The lowest BCUT2D eigenvalue weighted by molar-refractivity contribution is -0.176. The van der Waals surface area contributed by atoms with Gasteiger partial charge in [-0.15, -0.1) is 0 Å². The minimum absolute atomic E-state index is 0.324. The van der Waals surface area contributed by atoms with Crippen LogP contribution in [0.1, 0.15) is 26.7 Å². The molecule has 0 spiro atoms. The van der Waals surface area contributed by atoms with Crippen LogP contribution < -0.4 is 0 Å².